The predicted octanol–water partition coefficient (Wildman–Crippen LogP) is 4.98. The highest BCUT2D eigenvalue weighted by Gasteiger charge is 2.63. The number of halogens is 5. The molecule has 0 saturated heterocycles. The van der Waals surface area contributed by atoms with Crippen LogP contribution in [-0.4, -0.2) is 32.3 Å². The Bertz CT molecular complexity index is 679. The van der Waals surface area contributed by atoms with Gasteiger partial charge in [0.25, 0.3) is 8.32 Å². The van der Waals surface area contributed by atoms with E-state index in [2.05, 4.69) is 0 Å². The van der Waals surface area contributed by atoms with Crippen molar-refractivity contribution in [3.63, 3.8) is 0 Å². The lowest BCUT2D eigenvalue weighted by molar-refractivity contribution is -0.267. The van der Waals surface area contributed by atoms with Crippen LogP contribution in [0.3, 0.4) is 0 Å². The van der Waals surface area contributed by atoms with Crippen LogP contribution in [0.15, 0.2) is 24.3 Å². The van der Waals surface area contributed by atoms with E-state index >= 15 is 0 Å². The Morgan fingerprint density at radius 2 is 1.42 bits per heavy atom. The molecule has 0 radical (unpaired) electrons. The fraction of sp³-hybridized carbons (Fsp3) is 0.500. The van der Waals surface area contributed by atoms with Gasteiger partial charge in [-0.05, 0) is 42.4 Å². The summed E-state index contributed by atoms with van der Waals surface area (Å²) >= 11 is 0. The van der Waals surface area contributed by atoms with Crippen LogP contribution in [0.1, 0.15) is 31.1 Å². The fourth-order valence-electron chi connectivity index (χ4n) is 1.47. The molecule has 26 heavy (non-hydrogen) atoms. The average Bonchev–Trinajstić information content (AvgIpc) is 2.44. The Hall–Kier alpha value is -1.97. The number of alkyl halides is 5. The topological polar surface area (TPSA) is 55.4 Å². The minimum Gasteiger partial charge on any atom is -0.516 e. The third-order valence-corrected chi connectivity index (χ3v) is 8.48. The van der Waals surface area contributed by atoms with Gasteiger partial charge in [-0.3, -0.25) is 4.79 Å². The zero-order valence-electron chi connectivity index (χ0n) is 14.9. The molecular formula is C16H20F5NO3Si. The summed E-state index contributed by atoms with van der Waals surface area (Å²) in [5, 5.41) is 1.25. The number of hydrogen-bond donors (Lipinski definition) is 1. The summed E-state index contributed by atoms with van der Waals surface area (Å²) in [7, 11) is -2.38. The van der Waals surface area contributed by atoms with Crippen LogP contribution in [-0.2, 0) is 9.22 Å². The van der Waals surface area contributed by atoms with Crippen LogP contribution in [0.4, 0.5) is 27.6 Å². The third kappa shape index (κ3) is 4.80. The molecule has 0 saturated carbocycles. The quantitative estimate of drug-likeness (QED) is 0.576. The highest BCUT2D eigenvalue weighted by molar-refractivity contribution is 6.75. The Kier molecular flexibility index (Phi) is 5.92. The van der Waals surface area contributed by atoms with Crippen molar-refractivity contribution in [2.24, 2.45) is 0 Å². The van der Waals surface area contributed by atoms with Crippen LogP contribution >= 0.6 is 0 Å². The molecule has 0 bridgehead atoms. The number of nitrogens with one attached hydrogen (secondary N) is 1. The van der Waals surface area contributed by atoms with Crippen LogP contribution < -0.4 is 5.32 Å². The lowest BCUT2D eigenvalue weighted by atomic mass is 10.2. The van der Waals surface area contributed by atoms with Crippen molar-refractivity contribution in [3.05, 3.63) is 29.8 Å². The van der Waals surface area contributed by atoms with Gasteiger partial charge in [-0.1, -0.05) is 20.8 Å². The van der Waals surface area contributed by atoms with E-state index in [1.165, 1.54) is 17.4 Å². The molecule has 0 aliphatic heterocycles. The maximum Gasteiger partial charge on any atom is 0.463 e. The van der Waals surface area contributed by atoms with E-state index in [4.69, 9.17) is 4.43 Å². The van der Waals surface area contributed by atoms with Gasteiger partial charge in [-0.15, -0.1) is 0 Å². The van der Waals surface area contributed by atoms with Gasteiger partial charge in [0, 0.05) is 5.69 Å². The van der Waals surface area contributed by atoms with E-state index in [0.717, 1.165) is 12.1 Å². The second-order valence-corrected chi connectivity index (χ2v) is 12.0. The molecule has 0 heterocycles. The van der Waals surface area contributed by atoms with E-state index < -0.39 is 32.3 Å². The van der Waals surface area contributed by atoms with Crippen LogP contribution in [0, 0.1) is 0 Å². The minimum absolute atomic E-state index is 0.0930. The SMILES string of the molecule is CC(C)(C)[Si](C)(C)OC(=O)c1ccc(NC(=O)C(F)(F)C(F)(F)F)cc1. The molecule has 146 valence electrons. The smallest absolute Gasteiger partial charge is 0.463 e. The van der Waals surface area contributed by atoms with Crippen LogP contribution in [0.25, 0.3) is 0 Å². The van der Waals surface area contributed by atoms with Gasteiger partial charge in [0.1, 0.15) is 0 Å². The normalized spacial score (nSPS) is 13.3. The van der Waals surface area contributed by atoms with Crippen LogP contribution in [0.5, 0.6) is 0 Å². The Morgan fingerprint density at radius 3 is 1.81 bits per heavy atom. The molecule has 0 aromatic heterocycles. The summed E-state index contributed by atoms with van der Waals surface area (Å²) in [6, 6.07) is 4.45. The molecule has 0 unspecified atom stereocenters. The summed E-state index contributed by atoms with van der Waals surface area (Å²) in [4.78, 5) is 23.3. The molecule has 0 atom stereocenters. The maximum absolute atomic E-state index is 12.9. The van der Waals surface area contributed by atoms with Crippen molar-refractivity contribution in [2.75, 3.05) is 5.32 Å². The van der Waals surface area contributed by atoms with Crippen LogP contribution in [0.2, 0.25) is 18.1 Å². The van der Waals surface area contributed by atoms with E-state index in [1.807, 2.05) is 33.9 Å². The van der Waals surface area contributed by atoms with E-state index in [-0.39, 0.29) is 16.3 Å². The zero-order valence-corrected chi connectivity index (χ0v) is 15.9. The van der Waals surface area contributed by atoms with E-state index in [0.29, 0.717) is 0 Å². The first-order valence-corrected chi connectivity index (χ1v) is 10.5. The molecule has 0 fully saturated rings. The molecule has 0 aliphatic carbocycles. The van der Waals surface area contributed by atoms with Crippen molar-refractivity contribution < 1.29 is 36.0 Å². The number of rotatable bonds is 4. The lowest BCUT2D eigenvalue weighted by Gasteiger charge is -2.35. The predicted molar refractivity (Wildman–Crippen MR) is 88.7 cm³/mol. The van der Waals surface area contributed by atoms with Crippen molar-refractivity contribution in [1.82, 2.24) is 0 Å². The molecule has 1 N–H and O–H groups in total. The molecule has 1 aromatic carbocycles. The second-order valence-electron chi connectivity index (χ2n) is 7.25. The summed E-state index contributed by atoms with van der Waals surface area (Å²) in [6.45, 7) is 9.53. The fourth-order valence-corrected chi connectivity index (χ4v) is 2.36. The number of benzene rings is 1. The number of anilines is 1. The Morgan fingerprint density at radius 1 is 0.962 bits per heavy atom. The van der Waals surface area contributed by atoms with Crippen molar-refractivity contribution in [3.8, 4) is 0 Å². The van der Waals surface area contributed by atoms with Gasteiger partial charge in [0.15, 0.2) is 0 Å². The number of carbonyl (C=O) groups is 2. The summed E-state index contributed by atoms with van der Waals surface area (Å²) in [5.74, 6) is -8.65. The molecule has 1 rings (SSSR count). The molecule has 0 aliphatic rings. The van der Waals surface area contributed by atoms with Gasteiger partial charge < -0.3 is 9.74 Å². The second kappa shape index (κ2) is 6.97. The summed E-state index contributed by atoms with van der Waals surface area (Å²) in [5.41, 5.74) is -0.210. The first-order valence-electron chi connectivity index (χ1n) is 7.58. The molecular weight excluding hydrogens is 377 g/mol. The summed E-state index contributed by atoms with van der Waals surface area (Å²) < 4.78 is 67.8. The number of hydrogen-bond acceptors (Lipinski definition) is 3. The molecule has 1 aromatic rings. The van der Waals surface area contributed by atoms with Gasteiger partial charge >= 0.3 is 24.0 Å². The Labute approximate surface area is 148 Å². The van der Waals surface area contributed by atoms with Crippen molar-refractivity contribution in [2.45, 2.75) is 51.0 Å². The molecule has 0 spiro atoms. The molecule has 4 nitrogen and oxygen atoms in total. The van der Waals surface area contributed by atoms with E-state index in [9.17, 15) is 31.5 Å². The summed E-state index contributed by atoms with van der Waals surface area (Å²) in [6.07, 6.45) is -6.00. The maximum atomic E-state index is 12.9. The molecule has 1 amide bonds. The zero-order chi connectivity index (χ0) is 20.6. The van der Waals surface area contributed by atoms with Gasteiger partial charge in [-0.25, -0.2) is 4.79 Å². The van der Waals surface area contributed by atoms with Crippen molar-refractivity contribution >= 4 is 25.9 Å². The number of amides is 1. The number of carbonyl (C=O) groups excluding carboxylic acids is 2. The largest absolute Gasteiger partial charge is 0.516 e. The minimum atomic E-state index is -6.00. The monoisotopic (exact) mass is 397 g/mol. The third-order valence-electron chi connectivity index (χ3n) is 4.17. The molecule has 10 heteroatoms. The lowest BCUT2D eigenvalue weighted by Crippen LogP contribution is -2.47. The highest BCUT2D eigenvalue weighted by Crippen LogP contribution is 2.37. The first-order chi connectivity index (χ1) is 11.5. The van der Waals surface area contributed by atoms with Gasteiger partial charge in [-0.2, -0.15) is 22.0 Å². The van der Waals surface area contributed by atoms with E-state index in [1.54, 1.807) is 0 Å². The van der Waals surface area contributed by atoms with Gasteiger partial charge in [0.2, 0.25) is 0 Å². The average molecular weight is 397 g/mol. The first kappa shape index (κ1) is 22.1. The van der Waals surface area contributed by atoms with Crippen molar-refractivity contribution in [1.29, 1.82) is 0 Å². The highest BCUT2D eigenvalue weighted by atomic mass is 28.4. The Balaban J connectivity index is 2.87. The standard InChI is InChI=1S/C16H20F5NO3Si/c1-14(2,3)26(4,5)25-12(23)10-6-8-11(9-7-10)22-13(24)15(17,18)16(19,20)21/h6-9H,1-5H3,(H,22,24). The van der Waals surface area contributed by atoms with Gasteiger partial charge in [0.05, 0.1) is 5.56 Å².